The topological polar surface area (TPSA) is 34.1 Å². The molecule has 0 fully saturated rings. The van der Waals surface area contributed by atoms with Gasteiger partial charge in [0.1, 0.15) is 11.6 Å². The zero-order valence-electron chi connectivity index (χ0n) is 10.2. The van der Waals surface area contributed by atoms with Gasteiger partial charge in [-0.25, -0.2) is 0 Å². The molecule has 0 heterocycles. The first-order valence-electron chi connectivity index (χ1n) is 5.19. The molecule has 2 nitrogen and oxygen atoms in total. The second kappa shape index (κ2) is 4.72. The van der Waals surface area contributed by atoms with Crippen LogP contribution in [0.15, 0.2) is 0 Å². The molecular weight excluding hydrogens is 176 g/mol. The summed E-state index contributed by atoms with van der Waals surface area (Å²) in [4.78, 5) is 22.9. The highest BCUT2D eigenvalue weighted by atomic mass is 16.1. The van der Waals surface area contributed by atoms with Crippen molar-refractivity contribution in [3.05, 3.63) is 0 Å². The van der Waals surface area contributed by atoms with Crippen LogP contribution in [0.3, 0.4) is 0 Å². The molecule has 0 aliphatic rings. The van der Waals surface area contributed by atoms with E-state index in [4.69, 9.17) is 0 Å². The summed E-state index contributed by atoms with van der Waals surface area (Å²) < 4.78 is 0. The van der Waals surface area contributed by atoms with Gasteiger partial charge >= 0.3 is 0 Å². The highest BCUT2D eigenvalue weighted by Gasteiger charge is 2.33. The third kappa shape index (κ3) is 4.03. The first-order valence-corrected chi connectivity index (χ1v) is 5.19. The van der Waals surface area contributed by atoms with Crippen LogP contribution in [-0.2, 0) is 9.59 Å². The van der Waals surface area contributed by atoms with Crippen molar-refractivity contribution in [2.24, 2.45) is 17.3 Å². The molecule has 0 N–H and O–H groups in total. The van der Waals surface area contributed by atoms with Crippen molar-refractivity contribution >= 4 is 11.6 Å². The molecule has 0 bridgehead atoms. The fourth-order valence-corrected chi connectivity index (χ4v) is 1.52. The van der Waals surface area contributed by atoms with Gasteiger partial charge in [0.2, 0.25) is 0 Å². The van der Waals surface area contributed by atoms with Gasteiger partial charge in [-0.3, -0.25) is 4.79 Å². The van der Waals surface area contributed by atoms with E-state index in [-0.39, 0.29) is 28.8 Å². The van der Waals surface area contributed by atoms with Gasteiger partial charge in [0.05, 0.1) is 0 Å². The minimum atomic E-state index is -0.139. The number of rotatable bonds is 4. The fourth-order valence-electron chi connectivity index (χ4n) is 1.52. The summed E-state index contributed by atoms with van der Waals surface area (Å²) in [7, 11) is 0. The normalized spacial score (nSPS) is 14.2. The predicted molar refractivity (Wildman–Crippen MR) is 58.1 cm³/mol. The van der Waals surface area contributed by atoms with E-state index in [0.29, 0.717) is 6.42 Å². The third-order valence-corrected chi connectivity index (χ3v) is 2.45. The van der Waals surface area contributed by atoms with E-state index in [2.05, 4.69) is 0 Å². The molecule has 0 spiro atoms. The van der Waals surface area contributed by atoms with Crippen LogP contribution in [0.2, 0.25) is 0 Å². The average Bonchev–Trinajstić information content (AvgIpc) is 1.96. The average molecular weight is 198 g/mol. The lowest BCUT2D eigenvalue weighted by molar-refractivity contribution is -0.133. The summed E-state index contributed by atoms with van der Waals surface area (Å²) in [6.45, 7) is 11.4. The Morgan fingerprint density at radius 3 is 1.79 bits per heavy atom. The molecule has 0 aromatic carbocycles. The predicted octanol–water partition coefficient (Wildman–Crippen LogP) is 2.85. The Morgan fingerprint density at radius 1 is 1.14 bits per heavy atom. The lowest BCUT2D eigenvalue weighted by atomic mass is 9.73. The van der Waals surface area contributed by atoms with Crippen LogP contribution in [0, 0.1) is 17.3 Å². The molecule has 0 aliphatic carbocycles. The van der Waals surface area contributed by atoms with Crippen molar-refractivity contribution in [2.45, 2.75) is 48.0 Å². The van der Waals surface area contributed by atoms with Gasteiger partial charge in [-0.15, -0.1) is 0 Å². The molecule has 1 unspecified atom stereocenters. The van der Waals surface area contributed by atoms with Gasteiger partial charge in [0.15, 0.2) is 0 Å². The van der Waals surface area contributed by atoms with Crippen LogP contribution in [0.5, 0.6) is 0 Å². The molecule has 0 radical (unpaired) electrons. The first kappa shape index (κ1) is 13.3. The van der Waals surface area contributed by atoms with Crippen LogP contribution < -0.4 is 0 Å². The first-order chi connectivity index (χ1) is 6.16. The molecule has 82 valence electrons. The van der Waals surface area contributed by atoms with Crippen molar-refractivity contribution in [1.82, 2.24) is 0 Å². The Hall–Kier alpha value is -0.660. The van der Waals surface area contributed by atoms with Gasteiger partial charge in [-0.2, -0.15) is 0 Å². The van der Waals surface area contributed by atoms with Crippen LogP contribution >= 0.6 is 0 Å². The van der Waals surface area contributed by atoms with E-state index in [1.165, 1.54) is 0 Å². The van der Waals surface area contributed by atoms with Gasteiger partial charge in [0, 0.05) is 18.3 Å². The number of ketones is 2. The molecule has 14 heavy (non-hydrogen) atoms. The largest absolute Gasteiger partial charge is 0.300 e. The SMILES string of the molecule is CC(=O)CC(C(=O)C(C)C)C(C)(C)C. The van der Waals surface area contributed by atoms with Gasteiger partial charge in [-0.05, 0) is 12.3 Å². The molecule has 0 saturated heterocycles. The van der Waals surface area contributed by atoms with E-state index >= 15 is 0 Å². The Labute approximate surface area is 87.1 Å². The van der Waals surface area contributed by atoms with Crippen LogP contribution in [-0.4, -0.2) is 11.6 Å². The standard InChI is InChI=1S/C12H22O2/c1-8(2)11(14)10(7-9(3)13)12(4,5)6/h8,10H,7H2,1-6H3. The number of carbonyl (C=O) groups excluding carboxylic acids is 2. The van der Waals surface area contributed by atoms with Gasteiger partial charge in [-0.1, -0.05) is 34.6 Å². The van der Waals surface area contributed by atoms with Crippen molar-refractivity contribution in [1.29, 1.82) is 0 Å². The number of Topliss-reactive ketones (excluding diaryl/α,β-unsaturated/α-hetero) is 2. The van der Waals surface area contributed by atoms with Crippen molar-refractivity contribution < 1.29 is 9.59 Å². The van der Waals surface area contributed by atoms with Crippen molar-refractivity contribution in [3.63, 3.8) is 0 Å². The smallest absolute Gasteiger partial charge is 0.139 e. The molecule has 1 atom stereocenters. The molecule has 0 amide bonds. The summed E-state index contributed by atoms with van der Waals surface area (Å²) in [6, 6.07) is 0. The minimum absolute atomic E-state index is 0.0126. The molecule has 0 aliphatic heterocycles. The lowest BCUT2D eigenvalue weighted by Gasteiger charge is -2.30. The maximum absolute atomic E-state index is 11.9. The lowest BCUT2D eigenvalue weighted by Crippen LogP contribution is -2.33. The molecule has 0 aromatic rings. The Balaban J connectivity index is 4.73. The van der Waals surface area contributed by atoms with Crippen molar-refractivity contribution in [3.8, 4) is 0 Å². The van der Waals surface area contributed by atoms with Crippen LogP contribution in [0.4, 0.5) is 0 Å². The summed E-state index contributed by atoms with van der Waals surface area (Å²) in [6.07, 6.45) is 0.376. The Kier molecular flexibility index (Phi) is 4.50. The number of hydrogen-bond donors (Lipinski definition) is 0. The van der Waals surface area contributed by atoms with E-state index in [0.717, 1.165) is 0 Å². The maximum atomic E-state index is 11.9. The second-order valence-electron chi connectivity index (χ2n) is 5.38. The Morgan fingerprint density at radius 2 is 1.57 bits per heavy atom. The minimum Gasteiger partial charge on any atom is -0.300 e. The highest BCUT2D eigenvalue weighted by Crippen LogP contribution is 2.31. The summed E-state index contributed by atoms with van der Waals surface area (Å²) in [5.74, 6) is 0.171. The molecule has 0 rings (SSSR count). The summed E-state index contributed by atoms with van der Waals surface area (Å²) in [5, 5.41) is 0. The van der Waals surface area contributed by atoms with Gasteiger partial charge < -0.3 is 4.79 Å². The van der Waals surface area contributed by atoms with Gasteiger partial charge in [0.25, 0.3) is 0 Å². The summed E-state index contributed by atoms with van der Waals surface area (Å²) >= 11 is 0. The number of carbonyl (C=O) groups is 2. The molecule has 0 aromatic heterocycles. The maximum Gasteiger partial charge on any atom is 0.139 e. The Bertz CT molecular complexity index is 221. The summed E-state index contributed by atoms with van der Waals surface area (Å²) in [5.41, 5.74) is -0.118. The fraction of sp³-hybridized carbons (Fsp3) is 0.833. The van der Waals surface area contributed by atoms with E-state index in [9.17, 15) is 9.59 Å². The van der Waals surface area contributed by atoms with Crippen LogP contribution in [0.1, 0.15) is 48.0 Å². The zero-order chi connectivity index (χ0) is 11.5. The second-order valence-corrected chi connectivity index (χ2v) is 5.38. The molecule has 0 saturated carbocycles. The quantitative estimate of drug-likeness (QED) is 0.696. The molecular formula is C12H22O2. The van der Waals surface area contributed by atoms with E-state index in [1.807, 2.05) is 34.6 Å². The third-order valence-electron chi connectivity index (χ3n) is 2.45. The molecule has 2 heteroatoms. The highest BCUT2D eigenvalue weighted by molar-refractivity contribution is 5.88. The zero-order valence-corrected chi connectivity index (χ0v) is 10.2. The number of hydrogen-bond acceptors (Lipinski definition) is 2. The van der Waals surface area contributed by atoms with Crippen LogP contribution in [0.25, 0.3) is 0 Å². The monoisotopic (exact) mass is 198 g/mol. The van der Waals surface area contributed by atoms with E-state index in [1.54, 1.807) is 6.92 Å². The van der Waals surface area contributed by atoms with Crippen molar-refractivity contribution in [2.75, 3.05) is 0 Å². The van der Waals surface area contributed by atoms with E-state index < -0.39 is 0 Å².